The summed E-state index contributed by atoms with van der Waals surface area (Å²) in [6.45, 7) is 5.49. The lowest BCUT2D eigenvalue weighted by atomic mass is 9.95. The van der Waals surface area contributed by atoms with Gasteiger partial charge in [0, 0.05) is 30.6 Å². The third-order valence-electron chi connectivity index (χ3n) is 4.48. The number of primary amides is 1. The normalized spacial score (nSPS) is 33.6. The molecule has 1 amide bonds. The zero-order chi connectivity index (χ0) is 13.1. The summed E-state index contributed by atoms with van der Waals surface area (Å²) < 4.78 is 0. The van der Waals surface area contributed by atoms with Crippen molar-refractivity contribution in [2.75, 3.05) is 6.54 Å². The minimum Gasteiger partial charge on any atom is -0.370 e. The van der Waals surface area contributed by atoms with Crippen molar-refractivity contribution in [3.05, 3.63) is 0 Å². The van der Waals surface area contributed by atoms with E-state index in [4.69, 9.17) is 5.73 Å². The van der Waals surface area contributed by atoms with Crippen molar-refractivity contribution < 1.29 is 4.79 Å². The van der Waals surface area contributed by atoms with Crippen molar-refractivity contribution in [1.82, 2.24) is 10.2 Å². The van der Waals surface area contributed by atoms with Gasteiger partial charge in [0.2, 0.25) is 5.91 Å². The Balaban J connectivity index is 1.91. The van der Waals surface area contributed by atoms with Gasteiger partial charge in [-0.15, -0.1) is 0 Å². The summed E-state index contributed by atoms with van der Waals surface area (Å²) in [6, 6.07) is 2.31. The predicted octanol–water partition coefficient (Wildman–Crippen LogP) is 1.25. The largest absolute Gasteiger partial charge is 0.370 e. The number of carbonyl (C=O) groups excluding carboxylic acids is 1. The van der Waals surface area contributed by atoms with Crippen molar-refractivity contribution in [2.24, 2.45) is 5.73 Å². The van der Waals surface area contributed by atoms with Crippen LogP contribution in [0.2, 0.25) is 0 Å². The molecule has 2 bridgehead atoms. The molecule has 2 heterocycles. The van der Waals surface area contributed by atoms with Crippen LogP contribution in [0.3, 0.4) is 0 Å². The highest BCUT2D eigenvalue weighted by Gasteiger charge is 2.42. The number of nitrogens with two attached hydrogens (primary N) is 1. The number of piperidine rings is 1. The van der Waals surface area contributed by atoms with Gasteiger partial charge in [0.1, 0.15) is 0 Å². The number of nitrogens with one attached hydrogen (secondary N) is 1. The van der Waals surface area contributed by atoms with E-state index in [9.17, 15) is 4.79 Å². The quantitative estimate of drug-likeness (QED) is 0.749. The summed E-state index contributed by atoms with van der Waals surface area (Å²) in [7, 11) is 0. The average molecular weight is 253 g/mol. The number of carbonyl (C=O) groups is 1. The van der Waals surface area contributed by atoms with Gasteiger partial charge in [-0.25, -0.2) is 0 Å². The Labute approximate surface area is 110 Å². The molecule has 18 heavy (non-hydrogen) atoms. The van der Waals surface area contributed by atoms with Crippen molar-refractivity contribution in [1.29, 1.82) is 0 Å². The van der Waals surface area contributed by atoms with Crippen LogP contribution in [0.4, 0.5) is 0 Å². The van der Waals surface area contributed by atoms with Crippen LogP contribution in [0.5, 0.6) is 0 Å². The second kappa shape index (κ2) is 6.02. The molecule has 2 aliphatic rings. The van der Waals surface area contributed by atoms with Crippen molar-refractivity contribution >= 4 is 5.91 Å². The van der Waals surface area contributed by atoms with Crippen LogP contribution in [0.25, 0.3) is 0 Å². The molecule has 0 aliphatic carbocycles. The summed E-state index contributed by atoms with van der Waals surface area (Å²) >= 11 is 0. The molecule has 0 aromatic heterocycles. The van der Waals surface area contributed by atoms with Gasteiger partial charge in [-0.3, -0.25) is 9.69 Å². The summed E-state index contributed by atoms with van der Waals surface area (Å²) in [4.78, 5) is 13.6. The van der Waals surface area contributed by atoms with Crippen molar-refractivity contribution in [3.8, 4) is 0 Å². The van der Waals surface area contributed by atoms with E-state index in [1.54, 1.807) is 0 Å². The SMILES string of the molecule is CCCNC1CC2CCC(C1)N2C(C)CC(N)=O. The van der Waals surface area contributed by atoms with Crippen LogP contribution < -0.4 is 11.1 Å². The number of hydrogen-bond donors (Lipinski definition) is 2. The van der Waals surface area contributed by atoms with Crippen LogP contribution in [-0.2, 0) is 4.79 Å². The van der Waals surface area contributed by atoms with Crippen LogP contribution in [0.1, 0.15) is 52.4 Å². The molecule has 2 saturated heterocycles. The highest BCUT2D eigenvalue weighted by atomic mass is 16.1. The Morgan fingerprint density at radius 1 is 1.39 bits per heavy atom. The second-order valence-corrected chi connectivity index (χ2v) is 5.97. The molecule has 3 N–H and O–H groups in total. The van der Waals surface area contributed by atoms with Gasteiger partial charge in [-0.05, 0) is 45.6 Å². The number of amides is 1. The maximum atomic E-state index is 11.1. The van der Waals surface area contributed by atoms with Gasteiger partial charge >= 0.3 is 0 Å². The third kappa shape index (κ3) is 3.04. The first-order valence-electron chi connectivity index (χ1n) is 7.41. The van der Waals surface area contributed by atoms with Gasteiger partial charge in [0.15, 0.2) is 0 Å². The Bertz CT molecular complexity index is 281. The average Bonchev–Trinajstić information content (AvgIpc) is 2.57. The number of rotatable bonds is 6. The van der Waals surface area contributed by atoms with Crippen LogP contribution in [0, 0.1) is 0 Å². The Kier molecular flexibility index (Phi) is 4.62. The maximum Gasteiger partial charge on any atom is 0.218 e. The fraction of sp³-hybridized carbons (Fsp3) is 0.929. The van der Waals surface area contributed by atoms with Gasteiger partial charge in [-0.1, -0.05) is 6.92 Å². The molecule has 3 unspecified atom stereocenters. The summed E-state index contributed by atoms with van der Waals surface area (Å²) in [5.74, 6) is -0.173. The highest BCUT2D eigenvalue weighted by Crippen LogP contribution is 2.37. The number of hydrogen-bond acceptors (Lipinski definition) is 3. The van der Waals surface area contributed by atoms with Gasteiger partial charge < -0.3 is 11.1 Å². The van der Waals surface area contributed by atoms with Crippen LogP contribution in [0.15, 0.2) is 0 Å². The van der Waals surface area contributed by atoms with Crippen molar-refractivity contribution in [2.45, 2.75) is 76.5 Å². The molecule has 0 aromatic rings. The van der Waals surface area contributed by atoms with Gasteiger partial charge in [0.25, 0.3) is 0 Å². The molecule has 2 aliphatic heterocycles. The Morgan fingerprint density at radius 2 is 2.00 bits per heavy atom. The molecule has 0 radical (unpaired) electrons. The van der Waals surface area contributed by atoms with E-state index >= 15 is 0 Å². The van der Waals surface area contributed by atoms with E-state index < -0.39 is 0 Å². The Hall–Kier alpha value is -0.610. The molecule has 4 heteroatoms. The lowest BCUT2D eigenvalue weighted by Crippen LogP contribution is -2.53. The van der Waals surface area contributed by atoms with Gasteiger partial charge in [0.05, 0.1) is 0 Å². The topological polar surface area (TPSA) is 58.4 Å². The lowest BCUT2D eigenvalue weighted by molar-refractivity contribution is -0.119. The van der Waals surface area contributed by atoms with E-state index in [1.807, 2.05) is 0 Å². The van der Waals surface area contributed by atoms with E-state index in [1.165, 1.54) is 32.1 Å². The fourth-order valence-corrected chi connectivity index (χ4v) is 3.84. The first kappa shape index (κ1) is 13.8. The molecule has 0 saturated carbocycles. The first-order chi connectivity index (χ1) is 8.61. The van der Waals surface area contributed by atoms with Gasteiger partial charge in [-0.2, -0.15) is 0 Å². The monoisotopic (exact) mass is 253 g/mol. The molecule has 3 atom stereocenters. The maximum absolute atomic E-state index is 11.1. The van der Waals surface area contributed by atoms with Crippen LogP contribution in [-0.4, -0.2) is 41.5 Å². The molecular formula is C14H27N3O. The molecule has 0 spiro atoms. The zero-order valence-electron chi connectivity index (χ0n) is 11.7. The van der Waals surface area contributed by atoms with Crippen LogP contribution >= 0.6 is 0 Å². The third-order valence-corrected chi connectivity index (χ3v) is 4.48. The first-order valence-corrected chi connectivity index (χ1v) is 7.41. The predicted molar refractivity (Wildman–Crippen MR) is 73.2 cm³/mol. The second-order valence-electron chi connectivity index (χ2n) is 5.97. The molecule has 0 aromatic carbocycles. The zero-order valence-corrected chi connectivity index (χ0v) is 11.7. The molecular weight excluding hydrogens is 226 g/mol. The minimum absolute atomic E-state index is 0.173. The molecule has 104 valence electrons. The highest BCUT2D eigenvalue weighted by molar-refractivity contribution is 5.74. The fourth-order valence-electron chi connectivity index (χ4n) is 3.84. The van der Waals surface area contributed by atoms with E-state index in [-0.39, 0.29) is 5.91 Å². The minimum atomic E-state index is -0.173. The molecule has 2 rings (SSSR count). The summed E-state index contributed by atoms with van der Waals surface area (Å²) in [5.41, 5.74) is 5.33. The smallest absolute Gasteiger partial charge is 0.218 e. The van der Waals surface area contributed by atoms with E-state index in [0.29, 0.717) is 30.6 Å². The van der Waals surface area contributed by atoms with E-state index in [0.717, 1.165) is 6.54 Å². The Morgan fingerprint density at radius 3 is 2.50 bits per heavy atom. The number of fused-ring (bicyclic) bond motifs is 2. The van der Waals surface area contributed by atoms with E-state index in [2.05, 4.69) is 24.1 Å². The molecule has 4 nitrogen and oxygen atoms in total. The summed E-state index contributed by atoms with van der Waals surface area (Å²) in [5, 5.41) is 3.65. The van der Waals surface area contributed by atoms with Crippen molar-refractivity contribution in [3.63, 3.8) is 0 Å². The standard InChI is InChI=1S/C14H27N3O/c1-3-6-16-11-8-12-4-5-13(9-11)17(12)10(2)7-14(15)18/h10-13,16H,3-9H2,1-2H3,(H2,15,18). The summed E-state index contributed by atoms with van der Waals surface area (Å²) in [6.07, 6.45) is 6.75. The number of nitrogens with zero attached hydrogens (tertiary/aromatic N) is 1. The molecule has 2 fully saturated rings. The lowest BCUT2D eigenvalue weighted by Gasteiger charge is -2.42.